The topological polar surface area (TPSA) is 117 Å². The quantitative estimate of drug-likeness (QED) is 0.337. The van der Waals surface area contributed by atoms with Crippen molar-refractivity contribution in [2.45, 2.75) is 77.5 Å². The number of nitrogens with one attached hydrogen (secondary N) is 1. The number of halogens is 1. The largest absolute Gasteiger partial charge is 0.481 e. The van der Waals surface area contributed by atoms with Gasteiger partial charge in [0.2, 0.25) is 11.8 Å². The lowest BCUT2D eigenvalue weighted by atomic mass is 9.96. The maximum atomic E-state index is 13.6. The molecule has 2 unspecified atom stereocenters. The van der Waals surface area contributed by atoms with E-state index in [0.29, 0.717) is 12.5 Å². The van der Waals surface area contributed by atoms with Crippen molar-refractivity contribution < 1.29 is 29.0 Å². The van der Waals surface area contributed by atoms with Gasteiger partial charge in [-0.15, -0.1) is 0 Å². The summed E-state index contributed by atoms with van der Waals surface area (Å²) >= 11 is 0. The van der Waals surface area contributed by atoms with Gasteiger partial charge in [0, 0.05) is 26.6 Å². The summed E-state index contributed by atoms with van der Waals surface area (Å²) in [7, 11) is 1.70. The standard InChI is InChI=1S/C26H40FN5O5/c1-4-6-7-18(5-2)15-30-16-22-31(21(25(30)36)12-13-24(34)35)23(33)17-29(3)32(22)26(37)28-14-19-8-10-20(27)11-9-19/h8-11,18,21-22,26,28,37H,4-7,12-17H2,1-3H3,(H,34,35)/t18?,21-,22-,26?/m0/s1. The number of carboxylic acid groups (broad SMARTS) is 1. The van der Waals surface area contributed by atoms with Crippen molar-refractivity contribution in [2.75, 3.05) is 26.7 Å². The molecule has 1 aromatic carbocycles. The number of piperazine rings is 1. The van der Waals surface area contributed by atoms with E-state index in [9.17, 15) is 29.0 Å². The lowest BCUT2D eigenvalue weighted by Gasteiger charge is -2.56. The summed E-state index contributed by atoms with van der Waals surface area (Å²) in [5.74, 6) is -1.61. The zero-order valence-electron chi connectivity index (χ0n) is 22.0. The molecule has 4 atom stereocenters. The summed E-state index contributed by atoms with van der Waals surface area (Å²) in [6.07, 6.45) is 1.90. The molecule has 1 aromatic rings. The van der Waals surface area contributed by atoms with E-state index >= 15 is 0 Å². The first-order chi connectivity index (χ1) is 17.7. The summed E-state index contributed by atoms with van der Waals surface area (Å²) in [4.78, 5) is 41.3. The molecular weight excluding hydrogens is 481 g/mol. The molecular formula is C26H40FN5O5. The van der Waals surface area contributed by atoms with E-state index in [0.717, 1.165) is 31.2 Å². The second kappa shape index (κ2) is 13.3. The van der Waals surface area contributed by atoms with Crippen LogP contribution in [0.3, 0.4) is 0 Å². The monoisotopic (exact) mass is 521 g/mol. The van der Waals surface area contributed by atoms with E-state index in [-0.39, 0.29) is 50.1 Å². The predicted molar refractivity (Wildman–Crippen MR) is 135 cm³/mol. The molecule has 2 amide bonds. The molecule has 2 fully saturated rings. The van der Waals surface area contributed by atoms with Gasteiger partial charge in [-0.1, -0.05) is 45.2 Å². The number of aliphatic hydroxyl groups is 1. The molecule has 0 aromatic heterocycles. The molecule has 37 heavy (non-hydrogen) atoms. The Kier molecular flexibility index (Phi) is 10.4. The third-order valence-corrected chi connectivity index (χ3v) is 7.30. The van der Waals surface area contributed by atoms with Crippen LogP contribution in [0.5, 0.6) is 0 Å². The number of hydrogen-bond donors (Lipinski definition) is 3. The van der Waals surface area contributed by atoms with E-state index < -0.39 is 24.5 Å². The second-order valence-corrected chi connectivity index (χ2v) is 9.97. The number of hydrogen-bond acceptors (Lipinski definition) is 7. The summed E-state index contributed by atoms with van der Waals surface area (Å²) in [6, 6.07) is 5.02. The molecule has 2 aliphatic rings. The number of nitrogens with zero attached hydrogens (tertiary/aromatic N) is 4. The number of rotatable bonds is 13. The van der Waals surface area contributed by atoms with Crippen molar-refractivity contribution >= 4 is 17.8 Å². The third-order valence-electron chi connectivity index (χ3n) is 7.30. The minimum Gasteiger partial charge on any atom is -0.481 e. The fraction of sp³-hybridized carbons (Fsp3) is 0.654. The van der Waals surface area contributed by atoms with Gasteiger partial charge >= 0.3 is 5.97 Å². The van der Waals surface area contributed by atoms with Crippen LogP contribution < -0.4 is 5.32 Å². The smallest absolute Gasteiger partial charge is 0.303 e. The highest BCUT2D eigenvalue weighted by Crippen LogP contribution is 2.30. The molecule has 2 aliphatic heterocycles. The van der Waals surface area contributed by atoms with Crippen LogP contribution in [0, 0.1) is 11.7 Å². The number of hydrazine groups is 1. The van der Waals surface area contributed by atoms with Crippen LogP contribution in [-0.2, 0) is 20.9 Å². The fourth-order valence-corrected chi connectivity index (χ4v) is 5.22. The Bertz CT molecular complexity index is 932. The SMILES string of the molecule is CCCCC(CC)CN1C[C@H]2N(C(=O)CN(C)N2C(O)NCc2ccc(F)cc2)[C@@H](CCC(=O)O)C1=O. The molecule has 0 radical (unpaired) electrons. The van der Waals surface area contributed by atoms with E-state index in [4.69, 9.17) is 0 Å². The minimum atomic E-state index is -1.20. The van der Waals surface area contributed by atoms with Crippen LogP contribution in [0.15, 0.2) is 24.3 Å². The summed E-state index contributed by atoms with van der Waals surface area (Å²) < 4.78 is 13.3. The van der Waals surface area contributed by atoms with Crippen molar-refractivity contribution in [2.24, 2.45) is 5.92 Å². The molecule has 3 N–H and O–H groups in total. The number of carbonyl (C=O) groups is 3. The highest BCUT2D eigenvalue weighted by Gasteiger charge is 2.50. The van der Waals surface area contributed by atoms with Gasteiger partial charge in [-0.2, -0.15) is 5.01 Å². The van der Waals surface area contributed by atoms with Crippen LogP contribution in [0.25, 0.3) is 0 Å². The van der Waals surface area contributed by atoms with Crippen molar-refractivity contribution in [3.8, 4) is 0 Å². The highest BCUT2D eigenvalue weighted by molar-refractivity contribution is 5.90. The average Bonchev–Trinajstić information content (AvgIpc) is 2.86. The van der Waals surface area contributed by atoms with E-state index in [1.54, 1.807) is 34.1 Å². The first-order valence-corrected chi connectivity index (χ1v) is 13.1. The van der Waals surface area contributed by atoms with Gasteiger partial charge < -0.3 is 20.0 Å². The molecule has 10 nitrogen and oxygen atoms in total. The number of unbranched alkanes of at least 4 members (excludes halogenated alkanes) is 1. The normalized spacial score (nSPS) is 22.7. The molecule has 0 bridgehead atoms. The minimum absolute atomic E-state index is 0.00924. The molecule has 2 heterocycles. The first kappa shape index (κ1) is 29.0. The Morgan fingerprint density at radius 1 is 1.22 bits per heavy atom. The second-order valence-electron chi connectivity index (χ2n) is 9.97. The Morgan fingerprint density at radius 3 is 2.54 bits per heavy atom. The third kappa shape index (κ3) is 7.25. The molecule has 206 valence electrons. The highest BCUT2D eigenvalue weighted by atomic mass is 19.1. The van der Waals surface area contributed by atoms with Crippen molar-refractivity contribution in [3.63, 3.8) is 0 Å². The molecule has 0 spiro atoms. The molecule has 11 heteroatoms. The molecule has 3 rings (SSSR count). The van der Waals surface area contributed by atoms with Crippen LogP contribution in [0.2, 0.25) is 0 Å². The number of aliphatic hydroxyl groups excluding tert-OH is 1. The maximum absolute atomic E-state index is 13.6. The molecule has 0 aliphatic carbocycles. The summed E-state index contributed by atoms with van der Waals surface area (Å²) in [6.45, 7) is 5.14. The number of carboxylic acids is 1. The number of carbonyl (C=O) groups excluding carboxylic acids is 2. The number of aliphatic carboxylic acids is 1. The Morgan fingerprint density at radius 2 is 1.92 bits per heavy atom. The van der Waals surface area contributed by atoms with Gasteiger partial charge in [0.05, 0.1) is 13.1 Å². The van der Waals surface area contributed by atoms with Crippen LogP contribution >= 0.6 is 0 Å². The van der Waals surface area contributed by atoms with E-state index in [1.165, 1.54) is 17.0 Å². The van der Waals surface area contributed by atoms with Gasteiger partial charge in [-0.25, -0.2) is 9.40 Å². The maximum Gasteiger partial charge on any atom is 0.303 e. The Hall–Kier alpha value is -2.60. The predicted octanol–water partition coefficient (Wildman–Crippen LogP) is 1.80. The van der Waals surface area contributed by atoms with E-state index in [2.05, 4.69) is 19.2 Å². The zero-order valence-corrected chi connectivity index (χ0v) is 22.0. The molecule has 2 saturated heterocycles. The fourth-order valence-electron chi connectivity index (χ4n) is 5.22. The van der Waals surface area contributed by atoms with Gasteiger partial charge in [-0.05, 0) is 36.5 Å². The number of benzene rings is 1. The zero-order chi connectivity index (χ0) is 27.1. The molecule has 0 saturated carbocycles. The Balaban J connectivity index is 1.85. The van der Waals surface area contributed by atoms with Gasteiger partial charge in [-0.3, -0.25) is 19.7 Å². The van der Waals surface area contributed by atoms with Crippen molar-refractivity contribution in [1.29, 1.82) is 0 Å². The van der Waals surface area contributed by atoms with Gasteiger partial charge in [0.15, 0.2) is 6.35 Å². The van der Waals surface area contributed by atoms with Crippen LogP contribution in [0.4, 0.5) is 4.39 Å². The first-order valence-electron chi connectivity index (χ1n) is 13.1. The average molecular weight is 522 g/mol. The number of amides is 2. The van der Waals surface area contributed by atoms with Gasteiger partial charge in [0.1, 0.15) is 18.0 Å². The number of likely N-dealkylation sites (N-methyl/N-ethyl adjacent to an activating group) is 1. The van der Waals surface area contributed by atoms with Crippen LogP contribution in [0.1, 0.15) is 57.9 Å². The van der Waals surface area contributed by atoms with Crippen molar-refractivity contribution in [1.82, 2.24) is 25.1 Å². The number of fused-ring (bicyclic) bond motifs is 1. The summed E-state index contributed by atoms with van der Waals surface area (Å²) in [5, 5.41) is 26.7. The lowest BCUT2D eigenvalue weighted by Crippen LogP contribution is -2.77. The van der Waals surface area contributed by atoms with Crippen molar-refractivity contribution in [3.05, 3.63) is 35.6 Å². The van der Waals surface area contributed by atoms with Crippen LogP contribution in [-0.4, -0.2) is 93.1 Å². The Labute approximate surface area is 218 Å². The lowest BCUT2D eigenvalue weighted by molar-refractivity contribution is -0.241. The summed E-state index contributed by atoms with van der Waals surface area (Å²) in [5.41, 5.74) is 0.773. The van der Waals surface area contributed by atoms with E-state index in [1.807, 2.05) is 0 Å². The van der Waals surface area contributed by atoms with Gasteiger partial charge in [0.25, 0.3) is 0 Å².